The van der Waals surface area contributed by atoms with Crippen LogP contribution in [0.2, 0.25) is 0 Å². The maximum atomic E-state index is 12.4. The van der Waals surface area contributed by atoms with Crippen LogP contribution >= 0.6 is 11.8 Å². The smallest absolute Gasteiger partial charge is 0.274 e. The lowest BCUT2D eigenvalue weighted by molar-refractivity contribution is 0.0759. The van der Waals surface area contributed by atoms with Crippen molar-refractivity contribution >= 4 is 17.7 Å². The van der Waals surface area contributed by atoms with Gasteiger partial charge in [-0.05, 0) is 24.6 Å². The highest BCUT2D eigenvalue weighted by Crippen LogP contribution is 2.34. The number of nitrogens with zero attached hydrogens (tertiary/aromatic N) is 2. The second-order valence-electron chi connectivity index (χ2n) is 4.76. The molecule has 3 rings (SSSR count). The van der Waals surface area contributed by atoms with Gasteiger partial charge in [0.1, 0.15) is 11.5 Å². The lowest BCUT2D eigenvalue weighted by Crippen LogP contribution is -2.34. The van der Waals surface area contributed by atoms with E-state index in [0.717, 1.165) is 17.9 Å². The summed E-state index contributed by atoms with van der Waals surface area (Å²) < 4.78 is 5.45. The molecule has 6 nitrogen and oxygen atoms in total. The molecule has 21 heavy (non-hydrogen) atoms. The topological polar surface area (TPSA) is 79.2 Å². The van der Waals surface area contributed by atoms with Crippen molar-refractivity contribution in [2.75, 3.05) is 18.8 Å². The highest BCUT2D eigenvalue weighted by Gasteiger charge is 2.24. The number of furan rings is 1. The van der Waals surface area contributed by atoms with E-state index in [2.05, 4.69) is 10.2 Å². The average molecular weight is 305 g/mol. The Kier molecular flexibility index (Phi) is 4.10. The number of aromatic amines is 1. The Bertz CT molecular complexity index is 648. The van der Waals surface area contributed by atoms with Gasteiger partial charge in [-0.2, -0.15) is 5.10 Å². The van der Waals surface area contributed by atoms with E-state index in [1.807, 2.05) is 12.1 Å². The minimum atomic E-state index is -0.309. The first-order valence-electron chi connectivity index (χ1n) is 6.74. The predicted molar refractivity (Wildman–Crippen MR) is 79.3 cm³/mol. The fraction of sp³-hybridized carbons (Fsp3) is 0.357. The van der Waals surface area contributed by atoms with Gasteiger partial charge in [-0.3, -0.25) is 9.59 Å². The van der Waals surface area contributed by atoms with Crippen LogP contribution in [0.4, 0.5) is 0 Å². The summed E-state index contributed by atoms with van der Waals surface area (Å²) in [5.74, 6) is 1.66. The molecule has 7 heteroatoms. The third-order valence-electron chi connectivity index (χ3n) is 3.39. The van der Waals surface area contributed by atoms with Gasteiger partial charge in [-0.25, -0.2) is 5.10 Å². The Hall–Kier alpha value is -2.02. The minimum Gasteiger partial charge on any atom is -0.468 e. The lowest BCUT2D eigenvalue weighted by Gasteiger charge is -2.19. The van der Waals surface area contributed by atoms with Crippen LogP contribution in [0.5, 0.6) is 0 Å². The van der Waals surface area contributed by atoms with Crippen molar-refractivity contribution in [2.24, 2.45) is 0 Å². The van der Waals surface area contributed by atoms with E-state index in [9.17, 15) is 9.59 Å². The van der Waals surface area contributed by atoms with Crippen molar-refractivity contribution in [3.63, 3.8) is 0 Å². The van der Waals surface area contributed by atoms with Crippen LogP contribution in [-0.4, -0.2) is 39.8 Å². The van der Waals surface area contributed by atoms with Crippen molar-refractivity contribution in [3.05, 3.63) is 52.3 Å². The van der Waals surface area contributed by atoms with Crippen LogP contribution < -0.4 is 5.56 Å². The van der Waals surface area contributed by atoms with Crippen molar-refractivity contribution in [1.29, 1.82) is 0 Å². The number of carbonyl (C=O) groups is 1. The summed E-state index contributed by atoms with van der Waals surface area (Å²) in [5, 5.41) is 6.37. The molecule has 0 unspecified atom stereocenters. The monoisotopic (exact) mass is 305 g/mol. The number of hydrogen-bond donors (Lipinski definition) is 1. The normalized spacial score (nSPS) is 19.2. The molecule has 1 N–H and O–H groups in total. The van der Waals surface area contributed by atoms with Gasteiger partial charge in [-0.1, -0.05) is 0 Å². The molecule has 1 aliphatic heterocycles. The maximum Gasteiger partial charge on any atom is 0.274 e. The van der Waals surface area contributed by atoms with Crippen LogP contribution in [0.3, 0.4) is 0 Å². The molecule has 110 valence electrons. The molecule has 1 saturated heterocycles. The summed E-state index contributed by atoms with van der Waals surface area (Å²) in [6.07, 6.45) is 2.52. The van der Waals surface area contributed by atoms with Gasteiger partial charge in [0.25, 0.3) is 11.5 Å². The first kappa shape index (κ1) is 13.9. The number of aromatic nitrogens is 2. The van der Waals surface area contributed by atoms with Crippen molar-refractivity contribution in [2.45, 2.75) is 11.7 Å². The molecule has 0 aromatic carbocycles. The maximum absolute atomic E-state index is 12.4. The molecule has 1 fully saturated rings. The quantitative estimate of drug-likeness (QED) is 0.913. The molecule has 0 radical (unpaired) electrons. The number of amides is 1. The molecule has 2 aromatic heterocycles. The summed E-state index contributed by atoms with van der Waals surface area (Å²) >= 11 is 1.79. The zero-order valence-electron chi connectivity index (χ0n) is 11.3. The van der Waals surface area contributed by atoms with E-state index in [4.69, 9.17) is 4.42 Å². The third-order valence-corrected chi connectivity index (χ3v) is 4.68. The number of rotatable bonds is 2. The van der Waals surface area contributed by atoms with Crippen LogP contribution in [0, 0.1) is 0 Å². The molecule has 0 bridgehead atoms. The third kappa shape index (κ3) is 3.18. The summed E-state index contributed by atoms with van der Waals surface area (Å²) in [6.45, 7) is 1.32. The van der Waals surface area contributed by atoms with E-state index in [0.29, 0.717) is 13.1 Å². The molecule has 1 atom stereocenters. The molecule has 0 spiro atoms. The van der Waals surface area contributed by atoms with Gasteiger partial charge in [0.15, 0.2) is 0 Å². The second-order valence-corrected chi connectivity index (χ2v) is 6.07. The Labute approximate surface area is 125 Å². The van der Waals surface area contributed by atoms with E-state index >= 15 is 0 Å². The number of hydrogen-bond acceptors (Lipinski definition) is 5. The van der Waals surface area contributed by atoms with E-state index in [1.165, 1.54) is 12.1 Å². The summed E-state index contributed by atoms with van der Waals surface area (Å²) in [7, 11) is 0. The average Bonchev–Trinajstić information content (AvgIpc) is 2.92. The molecular formula is C14H15N3O3S. The summed E-state index contributed by atoms with van der Waals surface area (Å²) in [4.78, 5) is 25.1. The number of nitrogens with one attached hydrogen (secondary N) is 1. The fourth-order valence-corrected chi connectivity index (χ4v) is 3.48. The zero-order chi connectivity index (χ0) is 14.7. The van der Waals surface area contributed by atoms with E-state index < -0.39 is 0 Å². The van der Waals surface area contributed by atoms with Gasteiger partial charge in [0, 0.05) is 24.9 Å². The molecule has 0 saturated carbocycles. The summed E-state index contributed by atoms with van der Waals surface area (Å²) in [6, 6.07) is 6.63. The first-order valence-corrected chi connectivity index (χ1v) is 7.79. The van der Waals surface area contributed by atoms with Crippen LogP contribution in [0.15, 0.2) is 39.7 Å². The van der Waals surface area contributed by atoms with Gasteiger partial charge >= 0.3 is 0 Å². The van der Waals surface area contributed by atoms with Crippen molar-refractivity contribution < 1.29 is 9.21 Å². The van der Waals surface area contributed by atoms with Gasteiger partial charge in [0.05, 0.1) is 11.5 Å². The molecule has 1 aliphatic rings. The van der Waals surface area contributed by atoms with Gasteiger partial charge < -0.3 is 9.32 Å². The molecule has 1 amide bonds. The largest absolute Gasteiger partial charge is 0.468 e. The van der Waals surface area contributed by atoms with Crippen LogP contribution in [-0.2, 0) is 0 Å². The van der Waals surface area contributed by atoms with Crippen molar-refractivity contribution in [1.82, 2.24) is 15.1 Å². The van der Waals surface area contributed by atoms with E-state index in [1.54, 1.807) is 22.9 Å². The van der Waals surface area contributed by atoms with E-state index in [-0.39, 0.29) is 22.4 Å². The lowest BCUT2D eigenvalue weighted by atomic mass is 10.2. The highest BCUT2D eigenvalue weighted by atomic mass is 32.2. The Morgan fingerprint density at radius 3 is 3.00 bits per heavy atom. The fourth-order valence-electron chi connectivity index (χ4n) is 2.30. The number of thioether (sulfide) groups is 1. The summed E-state index contributed by atoms with van der Waals surface area (Å²) in [5.41, 5.74) is -0.0353. The molecular weight excluding hydrogens is 290 g/mol. The number of H-pyrrole nitrogens is 1. The second kappa shape index (κ2) is 6.17. The Balaban J connectivity index is 1.68. The molecule has 0 aliphatic carbocycles. The molecule has 3 heterocycles. The van der Waals surface area contributed by atoms with Gasteiger partial charge in [-0.15, -0.1) is 11.8 Å². The van der Waals surface area contributed by atoms with Gasteiger partial charge in [0.2, 0.25) is 0 Å². The highest BCUT2D eigenvalue weighted by molar-refractivity contribution is 7.99. The van der Waals surface area contributed by atoms with Crippen LogP contribution in [0.25, 0.3) is 0 Å². The predicted octanol–water partition coefficient (Wildman–Crippen LogP) is 1.68. The van der Waals surface area contributed by atoms with Crippen LogP contribution in [0.1, 0.15) is 27.9 Å². The standard InChI is InChI=1S/C14H15N3O3S/c18-13-4-3-10(15-16-13)14(19)17-6-5-12(21-9-7-17)11-2-1-8-20-11/h1-4,8,12H,5-7,9H2,(H,16,18)/t12-/m1/s1. The SMILES string of the molecule is O=C(c1ccc(=O)[nH]n1)N1CCS[C@@H](c2ccco2)CC1. The Morgan fingerprint density at radius 1 is 1.38 bits per heavy atom. The first-order chi connectivity index (χ1) is 10.2. The Morgan fingerprint density at radius 2 is 2.29 bits per heavy atom. The van der Waals surface area contributed by atoms with Crippen molar-refractivity contribution in [3.8, 4) is 0 Å². The minimum absolute atomic E-state index is 0.146. The number of carbonyl (C=O) groups excluding carboxylic acids is 1. The zero-order valence-corrected chi connectivity index (χ0v) is 12.1. The molecule has 2 aromatic rings.